The standard InChI is InChI=1S/C19H37NO2S/c1-18(21)23-17-13-9-5-3-2-4-6-10-14-19(22)15-11-7-8-12-16-20/h2-17,20H2,1H3. The van der Waals surface area contributed by atoms with Gasteiger partial charge in [0, 0.05) is 25.5 Å². The van der Waals surface area contributed by atoms with E-state index in [0.717, 1.165) is 63.7 Å². The summed E-state index contributed by atoms with van der Waals surface area (Å²) in [5.74, 6) is 1.42. The van der Waals surface area contributed by atoms with E-state index in [0.29, 0.717) is 5.78 Å². The third-order valence-electron chi connectivity index (χ3n) is 4.07. The van der Waals surface area contributed by atoms with Gasteiger partial charge in [-0.05, 0) is 32.2 Å². The van der Waals surface area contributed by atoms with Gasteiger partial charge in [0.15, 0.2) is 5.12 Å². The van der Waals surface area contributed by atoms with Crippen molar-refractivity contribution < 1.29 is 9.59 Å². The number of nitrogens with two attached hydrogens (primary N) is 1. The van der Waals surface area contributed by atoms with Crippen molar-refractivity contribution in [1.82, 2.24) is 0 Å². The quantitative estimate of drug-likeness (QED) is 0.366. The molecule has 0 amide bonds. The highest BCUT2D eigenvalue weighted by atomic mass is 32.2. The van der Waals surface area contributed by atoms with Gasteiger partial charge in [-0.15, -0.1) is 0 Å². The summed E-state index contributed by atoms with van der Waals surface area (Å²) in [5, 5.41) is 0.232. The summed E-state index contributed by atoms with van der Waals surface area (Å²) in [7, 11) is 0. The summed E-state index contributed by atoms with van der Waals surface area (Å²) >= 11 is 1.44. The molecule has 0 aliphatic rings. The molecule has 0 heterocycles. The molecule has 136 valence electrons. The third kappa shape index (κ3) is 19.6. The van der Waals surface area contributed by atoms with Crippen LogP contribution in [-0.2, 0) is 9.59 Å². The van der Waals surface area contributed by atoms with Crippen LogP contribution < -0.4 is 5.73 Å². The molecule has 0 radical (unpaired) electrons. The fourth-order valence-electron chi connectivity index (χ4n) is 2.65. The van der Waals surface area contributed by atoms with Crippen LogP contribution in [0.1, 0.15) is 96.8 Å². The highest BCUT2D eigenvalue weighted by molar-refractivity contribution is 8.13. The lowest BCUT2D eigenvalue weighted by molar-refractivity contribution is -0.119. The molecular formula is C19H37NO2S. The number of carbonyl (C=O) groups is 2. The largest absolute Gasteiger partial charge is 0.330 e. The maximum absolute atomic E-state index is 11.7. The van der Waals surface area contributed by atoms with Gasteiger partial charge in [-0.2, -0.15) is 0 Å². The van der Waals surface area contributed by atoms with Crippen molar-refractivity contribution in [3.05, 3.63) is 0 Å². The molecule has 4 heteroatoms. The van der Waals surface area contributed by atoms with Crippen molar-refractivity contribution in [3.8, 4) is 0 Å². The van der Waals surface area contributed by atoms with Gasteiger partial charge in [-0.3, -0.25) is 9.59 Å². The lowest BCUT2D eigenvalue weighted by Crippen LogP contribution is -2.00. The molecule has 0 aliphatic heterocycles. The Morgan fingerprint density at radius 2 is 1.13 bits per heavy atom. The predicted molar refractivity (Wildman–Crippen MR) is 102 cm³/mol. The Labute approximate surface area is 147 Å². The summed E-state index contributed by atoms with van der Waals surface area (Å²) in [6.45, 7) is 2.41. The normalized spacial score (nSPS) is 10.9. The Bertz CT molecular complexity index is 295. The lowest BCUT2D eigenvalue weighted by atomic mass is 10.0. The van der Waals surface area contributed by atoms with Crippen molar-refractivity contribution in [2.45, 2.75) is 96.8 Å². The first kappa shape index (κ1) is 22.6. The maximum Gasteiger partial charge on any atom is 0.185 e. The molecule has 0 aromatic rings. The Morgan fingerprint density at radius 3 is 1.61 bits per heavy atom. The second kappa shape index (κ2) is 18.0. The van der Waals surface area contributed by atoms with Gasteiger partial charge >= 0.3 is 0 Å². The van der Waals surface area contributed by atoms with Crippen LogP contribution in [0.2, 0.25) is 0 Å². The average molecular weight is 344 g/mol. The van der Waals surface area contributed by atoms with Gasteiger partial charge in [-0.25, -0.2) is 0 Å². The summed E-state index contributed by atoms with van der Waals surface area (Å²) in [4.78, 5) is 22.5. The Balaban J connectivity index is 3.14. The molecule has 2 N–H and O–H groups in total. The zero-order valence-corrected chi connectivity index (χ0v) is 15.9. The van der Waals surface area contributed by atoms with E-state index in [1.54, 1.807) is 6.92 Å². The first-order chi connectivity index (χ1) is 11.2. The Kier molecular flexibility index (Phi) is 17.7. The number of ketones is 1. The number of hydrogen-bond donors (Lipinski definition) is 1. The zero-order chi connectivity index (χ0) is 17.2. The number of hydrogen-bond acceptors (Lipinski definition) is 4. The molecule has 0 fully saturated rings. The van der Waals surface area contributed by atoms with Gasteiger partial charge in [0.05, 0.1) is 0 Å². The molecule has 23 heavy (non-hydrogen) atoms. The van der Waals surface area contributed by atoms with E-state index in [1.165, 1.54) is 50.3 Å². The molecular weight excluding hydrogens is 306 g/mol. The molecule has 0 aromatic heterocycles. The van der Waals surface area contributed by atoms with Crippen LogP contribution in [0.15, 0.2) is 0 Å². The monoisotopic (exact) mass is 343 g/mol. The second-order valence-electron chi connectivity index (χ2n) is 6.41. The van der Waals surface area contributed by atoms with Crippen molar-refractivity contribution >= 4 is 22.7 Å². The molecule has 0 saturated carbocycles. The molecule has 0 aliphatic carbocycles. The SMILES string of the molecule is CC(=O)SCCCCCCCCCCC(=O)CCCCCCN. The molecule has 0 unspecified atom stereocenters. The summed E-state index contributed by atoms with van der Waals surface area (Å²) < 4.78 is 0. The highest BCUT2D eigenvalue weighted by Gasteiger charge is 2.02. The van der Waals surface area contributed by atoms with Crippen LogP contribution >= 0.6 is 11.8 Å². The van der Waals surface area contributed by atoms with Gasteiger partial charge in [0.2, 0.25) is 0 Å². The first-order valence-corrected chi connectivity index (χ1v) is 10.5. The van der Waals surface area contributed by atoms with Crippen molar-refractivity contribution in [2.24, 2.45) is 5.73 Å². The number of thioether (sulfide) groups is 1. The minimum atomic E-state index is 0.232. The number of rotatable bonds is 17. The maximum atomic E-state index is 11.7. The van der Waals surface area contributed by atoms with E-state index in [2.05, 4.69) is 0 Å². The van der Waals surface area contributed by atoms with E-state index >= 15 is 0 Å². The van der Waals surface area contributed by atoms with Crippen LogP contribution in [0, 0.1) is 0 Å². The van der Waals surface area contributed by atoms with Crippen molar-refractivity contribution in [1.29, 1.82) is 0 Å². The van der Waals surface area contributed by atoms with Gasteiger partial charge in [-0.1, -0.05) is 63.1 Å². The molecule has 0 atom stereocenters. The van der Waals surface area contributed by atoms with Crippen LogP contribution in [-0.4, -0.2) is 23.2 Å². The van der Waals surface area contributed by atoms with Crippen molar-refractivity contribution in [3.63, 3.8) is 0 Å². The molecule has 0 spiro atoms. The number of Topliss-reactive ketones (excluding diaryl/α,β-unsaturated/α-hetero) is 1. The van der Waals surface area contributed by atoms with Crippen LogP contribution in [0.25, 0.3) is 0 Å². The minimum Gasteiger partial charge on any atom is -0.330 e. The number of unbranched alkanes of at least 4 members (excludes halogenated alkanes) is 10. The zero-order valence-electron chi connectivity index (χ0n) is 15.1. The topological polar surface area (TPSA) is 60.2 Å². The van der Waals surface area contributed by atoms with Gasteiger partial charge in [0.25, 0.3) is 0 Å². The first-order valence-electron chi connectivity index (χ1n) is 9.52. The van der Waals surface area contributed by atoms with Gasteiger partial charge in [0.1, 0.15) is 5.78 Å². The van der Waals surface area contributed by atoms with Crippen LogP contribution in [0.4, 0.5) is 0 Å². The lowest BCUT2D eigenvalue weighted by Gasteiger charge is -2.03. The van der Waals surface area contributed by atoms with Crippen molar-refractivity contribution in [2.75, 3.05) is 12.3 Å². The summed E-state index contributed by atoms with van der Waals surface area (Å²) in [6.07, 6.45) is 15.7. The Hall–Kier alpha value is -0.350. The fraction of sp³-hybridized carbons (Fsp3) is 0.895. The third-order valence-corrected chi connectivity index (χ3v) is 4.96. The van der Waals surface area contributed by atoms with E-state index in [-0.39, 0.29) is 5.12 Å². The molecule has 3 nitrogen and oxygen atoms in total. The Morgan fingerprint density at radius 1 is 0.696 bits per heavy atom. The van der Waals surface area contributed by atoms with Crippen LogP contribution in [0.3, 0.4) is 0 Å². The van der Waals surface area contributed by atoms with E-state index in [9.17, 15) is 9.59 Å². The molecule has 0 aromatic carbocycles. The predicted octanol–water partition coefficient (Wildman–Crippen LogP) is 5.26. The molecule has 0 saturated heterocycles. The second-order valence-corrected chi connectivity index (χ2v) is 7.68. The fourth-order valence-corrected chi connectivity index (χ4v) is 3.28. The van der Waals surface area contributed by atoms with Crippen LogP contribution in [0.5, 0.6) is 0 Å². The molecule has 0 bridgehead atoms. The highest BCUT2D eigenvalue weighted by Crippen LogP contribution is 2.13. The number of carbonyl (C=O) groups excluding carboxylic acids is 2. The van der Waals surface area contributed by atoms with E-state index in [4.69, 9.17) is 5.73 Å². The van der Waals surface area contributed by atoms with E-state index in [1.807, 2.05) is 0 Å². The summed E-state index contributed by atoms with van der Waals surface area (Å²) in [5.41, 5.74) is 5.45. The van der Waals surface area contributed by atoms with Gasteiger partial charge < -0.3 is 5.73 Å². The average Bonchev–Trinajstić information content (AvgIpc) is 2.52. The minimum absolute atomic E-state index is 0.232. The smallest absolute Gasteiger partial charge is 0.185 e. The van der Waals surface area contributed by atoms with E-state index < -0.39 is 0 Å². The summed E-state index contributed by atoms with van der Waals surface area (Å²) in [6, 6.07) is 0. The molecule has 0 rings (SSSR count).